The molecule has 0 heterocycles. The van der Waals surface area contributed by atoms with E-state index in [1.165, 1.54) is 6.92 Å². The number of rotatable bonds is 2. The minimum atomic E-state index is -0.0597. The predicted octanol–water partition coefficient (Wildman–Crippen LogP) is 2.13. The summed E-state index contributed by atoms with van der Waals surface area (Å²) in [6.07, 6.45) is 0. The molecule has 0 unspecified atom stereocenters. The first-order valence-corrected chi connectivity index (χ1v) is 4.79. The second-order valence-electron chi connectivity index (χ2n) is 2.58. The Hall–Kier alpha value is -1.35. The molecule has 0 spiro atoms. The molecule has 78 valence electrons. The van der Waals surface area contributed by atoms with E-state index in [1.807, 2.05) is 38.1 Å². The fraction of sp³-hybridized carbons (Fsp3) is 0.364. The van der Waals surface area contributed by atoms with Crippen molar-refractivity contribution in [2.45, 2.75) is 27.3 Å². The topological polar surface area (TPSA) is 55.1 Å². The summed E-state index contributed by atoms with van der Waals surface area (Å²) in [6.45, 7) is 6.01. The second-order valence-corrected chi connectivity index (χ2v) is 2.58. The van der Waals surface area contributed by atoms with Gasteiger partial charge < -0.3 is 11.1 Å². The Morgan fingerprint density at radius 1 is 1.29 bits per heavy atom. The van der Waals surface area contributed by atoms with Crippen LogP contribution in [0.5, 0.6) is 0 Å². The number of anilines is 1. The van der Waals surface area contributed by atoms with Gasteiger partial charge in [-0.2, -0.15) is 0 Å². The van der Waals surface area contributed by atoms with Crippen LogP contribution in [0.2, 0.25) is 0 Å². The first-order valence-electron chi connectivity index (χ1n) is 4.79. The molecular weight excluding hydrogens is 176 g/mol. The summed E-state index contributed by atoms with van der Waals surface area (Å²) in [6, 6.07) is 7.46. The van der Waals surface area contributed by atoms with Crippen LogP contribution >= 0.6 is 0 Å². The maximum absolute atomic E-state index is 10.6. The van der Waals surface area contributed by atoms with Crippen molar-refractivity contribution in [3.63, 3.8) is 0 Å². The Labute approximate surface area is 85.3 Å². The van der Waals surface area contributed by atoms with Gasteiger partial charge in [0.25, 0.3) is 0 Å². The van der Waals surface area contributed by atoms with Crippen molar-refractivity contribution in [1.82, 2.24) is 0 Å². The van der Waals surface area contributed by atoms with Crippen molar-refractivity contribution < 1.29 is 4.79 Å². The SMILES string of the molecule is CC.CC(=O)Nc1ccc(CN)cc1. The molecule has 0 atom stereocenters. The molecule has 1 amide bonds. The number of hydrogen-bond acceptors (Lipinski definition) is 2. The van der Waals surface area contributed by atoms with E-state index in [9.17, 15) is 4.79 Å². The quantitative estimate of drug-likeness (QED) is 0.757. The maximum Gasteiger partial charge on any atom is 0.221 e. The van der Waals surface area contributed by atoms with E-state index in [-0.39, 0.29) is 5.91 Å². The van der Waals surface area contributed by atoms with Crippen molar-refractivity contribution >= 4 is 11.6 Å². The van der Waals surface area contributed by atoms with Crippen LogP contribution in [0.15, 0.2) is 24.3 Å². The Kier molecular flexibility index (Phi) is 6.41. The van der Waals surface area contributed by atoms with E-state index in [2.05, 4.69) is 5.32 Å². The van der Waals surface area contributed by atoms with Crippen molar-refractivity contribution in [1.29, 1.82) is 0 Å². The van der Waals surface area contributed by atoms with Crippen LogP contribution in [0.3, 0.4) is 0 Å². The van der Waals surface area contributed by atoms with Gasteiger partial charge in [0.2, 0.25) is 5.91 Å². The zero-order chi connectivity index (χ0) is 11.0. The highest BCUT2D eigenvalue weighted by Crippen LogP contribution is 2.08. The van der Waals surface area contributed by atoms with Gasteiger partial charge in [0.1, 0.15) is 0 Å². The molecule has 0 aliphatic heterocycles. The van der Waals surface area contributed by atoms with E-state index >= 15 is 0 Å². The molecule has 0 saturated carbocycles. The zero-order valence-corrected chi connectivity index (χ0v) is 9.00. The van der Waals surface area contributed by atoms with E-state index < -0.39 is 0 Å². The molecule has 0 aliphatic rings. The molecule has 1 aromatic rings. The number of hydrogen-bond donors (Lipinski definition) is 2. The van der Waals surface area contributed by atoms with Gasteiger partial charge in [0.15, 0.2) is 0 Å². The highest BCUT2D eigenvalue weighted by Gasteiger charge is 1.94. The minimum absolute atomic E-state index is 0.0597. The number of nitrogens with two attached hydrogens (primary N) is 1. The number of nitrogens with one attached hydrogen (secondary N) is 1. The molecule has 0 radical (unpaired) electrons. The maximum atomic E-state index is 10.6. The molecule has 0 fully saturated rings. The third kappa shape index (κ3) is 4.62. The smallest absolute Gasteiger partial charge is 0.221 e. The molecule has 0 aliphatic carbocycles. The van der Waals surface area contributed by atoms with E-state index in [4.69, 9.17) is 5.73 Å². The summed E-state index contributed by atoms with van der Waals surface area (Å²) in [4.78, 5) is 10.6. The first-order chi connectivity index (χ1) is 6.72. The van der Waals surface area contributed by atoms with Crippen molar-refractivity contribution in [2.75, 3.05) is 5.32 Å². The normalized spacial score (nSPS) is 8.57. The van der Waals surface area contributed by atoms with Crippen LogP contribution in [0.4, 0.5) is 5.69 Å². The molecule has 1 rings (SSSR count). The summed E-state index contributed by atoms with van der Waals surface area (Å²) in [5.74, 6) is -0.0597. The Balaban J connectivity index is 0.000000791. The number of amides is 1. The average molecular weight is 194 g/mol. The highest BCUT2D eigenvalue weighted by molar-refractivity contribution is 5.88. The van der Waals surface area contributed by atoms with Crippen LogP contribution in [-0.2, 0) is 11.3 Å². The molecule has 0 saturated heterocycles. The van der Waals surface area contributed by atoms with Crippen molar-refractivity contribution in [2.24, 2.45) is 5.73 Å². The van der Waals surface area contributed by atoms with Gasteiger partial charge in [-0.05, 0) is 17.7 Å². The van der Waals surface area contributed by atoms with Crippen molar-refractivity contribution in [3.8, 4) is 0 Å². The lowest BCUT2D eigenvalue weighted by Gasteiger charge is -2.01. The number of carbonyl (C=O) groups is 1. The predicted molar refractivity (Wildman–Crippen MR) is 60.0 cm³/mol. The van der Waals surface area contributed by atoms with Gasteiger partial charge in [-0.15, -0.1) is 0 Å². The molecule has 0 bridgehead atoms. The van der Waals surface area contributed by atoms with Crippen LogP contribution in [0.1, 0.15) is 26.3 Å². The zero-order valence-electron chi connectivity index (χ0n) is 9.00. The number of benzene rings is 1. The van der Waals surface area contributed by atoms with E-state index in [0.717, 1.165) is 11.3 Å². The van der Waals surface area contributed by atoms with E-state index in [1.54, 1.807) is 0 Å². The summed E-state index contributed by atoms with van der Waals surface area (Å²) in [5.41, 5.74) is 7.28. The minimum Gasteiger partial charge on any atom is -0.326 e. The fourth-order valence-corrected chi connectivity index (χ4v) is 0.927. The Bertz CT molecular complexity index is 267. The van der Waals surface area contributed by atoms with Gasteiger partial charge in [-0.3, -0.25) is 4.79 Å². The summed E-state index contributed by atoms with van der Waals surface area (Å²) >= 11 is 0. The van der Waals surface area contributed by atoms with Gasteiger partial charge in [-0.1, -0.05) is 26.0 Å². The lowest BCUT2D eigenvalue weighted by atomic mass is 10.2. The third-order valence-electron chi connectivity index (χ3n) is 1.51. The lowest BCUT2D eigenvalue weighted by molar-refractivity contribution is -0.114. The second kappa shape index (κ2) is 7.09. The molecule has 14 heavy (non-hydrogen) atoms. The third-order valence-corrected chi connectivity index (χ3v) is 1.51. The van der Waals surface area contributed by atoms with Gasteiger partial charge in [0.05, 0.1) is 0 Å². The van der Waals surface area contributed by atoms with Crippen LogP contribution < -0.4 is 11.1 Å². The van der Waals surface area contributed by atoms with Crippen LogP contribution in [0, 0.1) is 0 Å². The molecule has 3 nitrogen and oxygen atoms in total. The van der Waals surface area contributed by atoms with Gasteiger partial charge >= 0.3 is 0 Å². The average Bonchev–Trinajstić information content (AvgIpc) is 2.21. The van der Waals surface area contributed by atoms with Gasteiger partial charge in [-0.25, -0.2) is 0 Å². The van der Waals surface area contributed by atoms with E-state index in [0.29, 0.717) is 6.54 Å². The number of carbonyl (C=O) groups excluding carboxylic acids is 1. The largest absolute Gasteiger partial charge is 0.326 e. The monoisotopic (exact) mass is 194 g/mol. The van der Waals surface area contributed by atoms with Crippen LogP contribution in [0.25, 0.3) is 0 Å². The van der Waals surface area contributed by atoms with Crippen molar-refractivity contribution in [3.05, 3.63) is 29.8 Å². The summed E-state index contributed by atoms with van der Waals surface area (Å²) in [7, 11) is 0. The molecule has 1 aromatic carbocycles. The summed E-state index contributed by atoms with van der Waals surface area (Å²) in [5, 5.41) is 2.68. The summed E-state index contributed by atoms with van der Waals surface area (Å²) < 4.78 is 0. The molecule has 3 heteroatoms. The Morgan fingerprint density at radius 3 is 2.14 bits per heavy atom. The Morgan fingerprint density at radius 2 is 1.79 bits per heavy atom. The lowest BCUT2D eigenvalue weighted by Crippen LogP contribution is -2.05. The highest BCUT2D eigenvalue weighted by atomic mass is 16.1. The van der Waals surface area contributed by atoms with Gasteiger partial charge in [0, 0.05) is 19.2 Å². The molecule has 0 aromatic heterocycles. The first kappa shape index (κ1) is 12.7. The standard InChI is InChI=1S/C9H12N2O.C2H6/c1-7(12)11-9-4-2-8(6-10)3-5-9;1-2/h2-5H,6,10H2,1H3,(H,11,12);1-2H3. The molecular formula is C11H18N2O. The van der Waals surface area contributed by atoms with Crippen LogP contribution in [-0.4, -0.2) is 5.91 Å². The molecule has 3 N–H and O–H groups in total. The fourth-order valence-electron chi connectivity index (χ4n) is 0.927.